The highest BCUT2D eigenvalue weighted by Crippen LogP contribution is 2.33. The van der Waals surface area contributed by atoms with E-state index < -0.39 is 0 Å². The van der Waals surface area contributed by atoms with Crippen LogP contribution in [0.2, 0.25) is 0 Å². The van der Waals surface area contributed by atoms with Crippen LogP contribution in [0.4, 0.5) is 5.69 Å². The SMILES string of the molecule is c1ccc2c(CCCCCCCCCNc3c4c(nc5ccccc35)CCCC4)c3c(nc2c1)CCCC3. The normalized spacial score (nSPS) is 14.9. The maximum Gasteiger partial charge on any atom is 0.0726 e. The van der Waals surface area contributed by atoms with Gasteiger partial charge in [0.15, 0.2) is 0 Å². The fourth-order valence-corrected chi connectivity index (χ4v) is 6.86. The molecule has 0 saturated carbocycles. The van der Waals surface area contributed by atoms with Crippen molar-refractivity contribution in [3.63, 3.8) is 0 Å². The lowest BCUT2D eigenvalue weighted by Gasteiger charge is -2.21. The number of nitrogens with zero attached hydrogens (tertiary/aromatic N) is 2. The molecule has 38 heavy (non-hydrogen) atoms. The molecule has 6 rings (SSSR count). The summed E-state index contributed by atoms with van der Waals surface area (Å²) in [5.74, 6) is 0. The molecule has 0 unspecified atom stereocenters. The molecule has 4 aromatic rings. The zero-order valence-electron chi connectivity index (χ0n) is 23.0. The van der Waals surface area contributed by atoms with Crippen molar-refractivity contribution in [3.05, 3.63) is 76.6 Å². The molecule has 2 heterocycles. The number of rotatable bonds is 11. The van der Waals surface area contributed by atoms with Crippen LogP contribution in [0, 0.1) is 0 Å². The molecule has 3 heteroatoms. The van der Waals surface area contributed by atoms with Crippen molar-refractivity contribution in [1.82, 2.24) is 9.97 Å². The predicted octanol–water partition coefficient (Wildman–Crippen LogP) is 8.93. The van der Waals surface area contributed by atoms with Gasteiger partial charge < -0.3 is 5.32 Å². The number of unbranched alkanes of at least 4 members (excludes halogenated alkanes) is 6. The number of aryl methyl sites for hydroxylation is 3. The highest BCUT2D eigenvalue weighted by atomic mass is 14.9. The van der Waals surface area contributed by atoms with E-state index in [1.165, 1.54) is 135 Å². The molecule has 2 aliphatic rings. The van der Waals surface area contributed by atoms with Crippen molar-refractivity contribution >= 4 is 27.5 Å². The maximum absolute atomic E-state index is 5.02. The third-order valence-electron chi connectivity index (χ3n) is 8.86. The van der Waals surface area contributed by atoms with Crippen LogP contribution in [0.5, 0.6) is 0 Å². The molecule has 0 amide bonds. The van der Waals surface area contributed by atoms with Crippen molar-refractivity contribution in [3.8, 4) is 0 Å². The van der Waals surface area contributed by atoms with Crippen LogP contribution in [-0.2, 0) is 32.1 Å². The van der Waals surface area contributed by atoms with Gasteiger partial charge in [0.25, 0.3) is 0 Å². The van der Waals surface area contributed by atoms with Crippen molar-refractivity contribution in [2.24, 2.45) is 0 Å². The molecule has 1 N–H and O–H groups in total. The molecule has 0 bridgehead atoms. The van der Waals surface area contributed by atoms with Crippen molar-refractivity contribution in [2.75, 3.05) is 11.9 Å². The number of para-hydroxylation sites is 2. The van der Waals surface area contributed by atoms with E-state index in [-0.39, 0.29) is 0 Å². The first-order valence-electron chi connectivity index (χ1n) is 15.4. The summed E-state index contributed by atoms with van der Waals surface area (Å²) in [7, 11) is 0. The number of anilines is 1. The third kappa shape index (κ3) is 5.58. The van der Waals surface area contributed by atoms with Gasteiger partial charge in [-0.05, 0) is 99.5 Å². The Kier molecular flexibility index (Phi) is 8.19. The average molecular weight is 506 g/mol. The van der Waals surface area contributed by atoms with Gasteiger partial charge in [0, 0.05) is 34.4 Å². The average Bonchev–Trinajstić information content (AvgIpc) is 2.97. The second-order valence-electron chi connectivity index (χ2n) is 11.5. The van der Waals surface area contributed by atoms with E-state index in [4.69, 9.17) is 9.97 Å². The minimum atomic E-state index is 1.07. The van der Waals surface area contributed by atoms with Crippen LogP contribution in [-0.4, -0.2) is 16.5 Å². The lowest BCUT2D eigenvalue weighted by Crippen LogP contribution is -2.12. The summed E-state index contributed by atoms with van der Waals surface area (Å²) in [5, 5.41) is 6.55. The van der Waals surface area contributed by atoms with Gasteiger partial charge in [-0.2, -0.15) is 0 Å². The quantitative estimate of drug-likeness (QED) is 0.207. The lowest BCUT2D eigenvalue weighted by molar-refractivity contribution is 0.582. The summed E-state index contributed by atoms with van der Waals surface area (Å²) < 4.78 is 0. The molecule has 0 spiro atoms. The van der Waals surface area contributed by atoms with Crippen LogP contribution in [0.1, 0.15) is 98.7 Å². The smallest absolute Gasteiger partial charge is 0.0726 e. The first-order chi connectivity index (χ1) is 18.9. The Morgan fingerprint density at radius 3 is 1.87 bits per heavy atom. The second kappa shape index (κ2) is 12.3. The summed E-state index contributed by atoms with van der Waals surface area (Å²) in [6.45, 7) is 1.07. The number of hydrogen-bond donors (Lipinski definition) is 1. The fraction of sp³-hybridized carbons (Fsp3) is 0.486. The van der Waals surface area contributed by atoms with Gasteiger partial charge in [-0.25, -0.2) is 0 Å². The zero-order valence-corrected chi connectivity index (χ0v) is 23.0. The molecule has 2 aromatic carbocycles. The monoisotopic (exact) mass is 505 g/mol. The second-order valence-corrected chi connectivity index (χ2v) is 11.5. The van der Waals surface area contributed by atoms with Gasteiger partial charge in [0.1, 0.15) is 0 Å². The number of hydrogen-bond acceptors (Lipinski definition) is 3. The van der Waals surface area contributed by atoms with E-state index in [2.05, 4.69) is 53.8 Å². The van der Waals surface area contributed by atoms with E-state index >= 15 is 0 Å². The van der Waals surface area contributed by atoms with Gasteiger partial charge in [-0.1, -0.05) is 68.5 Å². The summed E-state index contributed by atoms with van der Waals surface area (Å²) in [6, 6.07) is 17.5. The fourth-order valence-electron chi connectivity index (χ4n) is 6.86. The van der Waals surface area contributed by atoms with E-state index in [0.717, 1.165) is 18.5 Å². The van der Waals surface area contributed by atoms with Gasteiger partial charge >= 0.3 is 0 Å². The first kappa shape index (κ1) is 25.3. The number of pyridine rings is 2. The van der Waals surface area contributed by atoms with Crippen molar-refractivity contribution < 1.29 is 0 Å². The van der Waals surface area contributed by atoms with E-state index in [0.29, 0.717) is 0 Å². The molecule has 0 aliphatic heterocycles. The first-order valence-corrected chi connectivity index (χ1v) is 15.4. The lowest BCUT2D eigenvalue weighted by atomic mass is 9.87. The minimum absolute atomic E-state index is 1.07. The molecule has 0 saturated heterocycles. The largest absolute Gasteiger partial charge is 0.384 e. The maximum atomic E-state index is 5.02. The van der Waals surface area contributed by atoms with Gasteiger partial charge in [-0.3, -0.25) is 9.97 Å². The Bertz CT molecular complexity index is 1280. The molecule has 3 nitrogen and oxygen atoms in total. The summed E-state index contributed by atoms with van der Waals surface area (Å²) in [6.07, 6.45) is 20.4. The van der Waals surface area contributed by atoms with E-state index in [1.807, 2.05) is 0 Å². The molecular formula is C35H43N3. The van der Waals surface area contributed by atoms with Gasteiger partial charge in [0.2, 0.25) is 0 Å². The number of benzene rings is 2. The standard InChI is InChI=1S/C35H43N3/c1(2-4-6-16-26-27-17-7-11-21-31(27)37-32-22-12-8-18-28(26)32)3-5-15-25-36-35-29-19-9-13-23-33(29)38-34-24-14-10-20-30(34)35/h7,9,11,13,17,19,21,23H,1-6,8,10,12,14-16,18,20,22,24-25H2,(H,36,38). The summed E-state index contributed by atoms with van der Waals surface area (Å²) >= 11 is 0. The predicted molar refractivity (Wildman–Crippen MR) is 161 cm³/mol. The highest BCUT2D eigenvalue weighted by Gasteiger charge is 2.19. The summed E-state index contributed by atoms with van der Waals surface area (Å²) in [5.41, 5.74) is 11.1. The van der Waals surface area contributed by atoms with Gasteiger partial charge in [-0.15, -0.1) is 0 Å². The molecule has 0 fully saturated rings. The van der Waals surface area contributed by atoms with Crippen LogP contribution in [0.15, 0.2) is 48.5 Å². The van der Waals surface area contributed by atoms with Crippen molar-refractivity contribution in [1.29, 1.82) is 0 Å². The molecule has 0 radical (unpaired) electrons. The van der Waals surface area contributed by atoms with Crippen LogP contribution >= 0.6 is 0 Å². The Morgan fingerprint density at radius 2 is 1.11 bits per heavy atom. The van der Waals surface area contributed by atoms with Gasteiger partial charge in [0.05, 0.1) is 11.0 Å². The number of aromatic nitrogens is 2. The molecule has 198 valence electrons. The summed E-state index contributed by atoms with van der Waals surface area (Å²) in [4.78, 5) is 10.00. The zero-order chi connectivity index (χ0) is 25.6. The Labute approximate surface area is 228 Å². The van der Waals surface area contributed by atoms with Crippen LogP contribution in [0.25, 0.3) is 21.8 Å². The van der Waals surface area contributed by atoms with Crippen molar-refractivity contribution in [2.45, 2.75) is 103 Å². The topological polar surface area (TPSA) is 37.8 Å². The third-order valence-corrected chi connectivity index (χ3v) is 8.86. The number of nitrogens with one attached hydrogen (secondary N) is 1. The highest BCUT2D eigenvalue weighted by molar-refractivity contribution is 5.93. The van der Waals surface area contributed by atoms with Crippen LogP contribution in [0.3, 0.4) is 0 Å². The number of fused-ring (bicyclic) bond motifs is 4. The minimum Gasteiger partial charge on any atom is -0.384 e. The molecule has 0 atom stereocenters. The molecule has 2 aromatic heterocycles. The van der Waals surface area contributed by atoms with E-state index in [9.17, 15) is 0 Å². The molecular weight excluding hydrogens is 462 g/mol. The Balaban J connectivity index is 0.943. The van der Waals surface area contributed by atoms with E-state index in [1.54, 1.807) is 11.1 Å². The Hall–Kier alpha value is -2.94. The van der Waals surface area contributed by atoms with Crippen LogP contribution < -0.4 is 5.32 Å². The Morgan fingerprint density at radius 1 is 0.553 bits per heavy atom. The molecule has 2 aliphatic carbocycles.